The Morgan fingerprint density at radius 3 is 1.90 bits per heavy atom. The summed E-state index contributed by atoms with van der Waals surface area (Å²) in [5.74, 6) is 0.773. The van der Waals surface area contributed by atoms with Crippen molar-refractivity contribution in [1.29, 1.82) is 0 Å². The Kier molecular flexibility index (Phi) is 8.58. The van der Waals surface area contributed by atoms with E-state index in [9.17, 15) is 0 Å². The van der Waals surface area contributed by atoms with Gasteiger partial charge in [0, 0.05) is 47.2 Å². The summed E-state index contributed by atoms with van der Waals surface area (Å²) in [5, 5.41) is 0. The number of rotatable bonds is 5. The molecule has 1 aromatic rings. The third-order valence-corrected chi connectivity index (χ3v) is 3.75. The van der Waals surface area contributed by atoms with Crippen LogP contribution in [-0.4, -0.2) is 42.5 Å². The van der Waals surface area contributed by atoms with E-state index in [1.54, 1.807) is 0 Å². The largest absolute Gasteiger partial charge is 0.326 e. The van der Waals surface area contributed by atoms with E-state index < -0.39 is 0 Å². The van der Waals surface area contributed by atoms with Crippen LogP contribution in [-0.2, 0) is 13.1 Å². The predicted octanol–water partition coefficient (Wildman–Crippen LogP) is 3.19. The molecular weight excluding hydrogens is 258 g/mol. The third kappa shape index (κ3) is 6.60. The van der Waals surface area contributed by atoms with Gasteiger partial charge in [0.15, 0.2) is 0 Å². The molecule has 3 nitrogen and oxygen atoms in total. The van der Waals surface area contributed by atoms with Crippen molar-refractivity contribution in [3.8, 4) is 0 Å². The Labute approximate surface area is 132 Å². The van der Waals surface area contributed by atoms with Crippen molar-refractivity contribution in [2.45, 2.75) is 40.8 Å². The highest BCUT2D eigenvalue weighted by atomic mass is 15.3. The molecular formula is C18H35N3. The van der Waals surface area contributed by atoms with Crippen LogP contribution in [0.5, 0.6) is 0 Å². The molecule has 0 saturated carbocycles. The molecule has 1 fully saturated rings. The number of nitrogens with two attached hydrogens (primary N) is 1. The average molecular weight is 293 g/mol. The zero-order chi connectivity index (χ0) is 15.7. The van der Waals surface area contributed by atoms with Crippen LogP contribution in [0.4, 0.5) is 0 Å². The summed E-state index contributed by atoms with van der Waals surface area (Å²) in [4.78, 5) is 5.13. The van der Waals surface area contributed by atoms with E-state index in [0.717, 1.165) is 12.5 Å². The van der Waals surface area contributed by atoms with E-state index in [2.05, 4.69) is 47.9 Å². The number of hydrogen-bond donors (Lipinski definition) is 1. The summed E-state index contributed by atoms with van der Waals surface area (Å²) in [6.45, 7) is 16.3. The maximum absolute atomic E-state index is 5.62. The Morgan fingerprint density at radius 2 is 1.43 bits per heavy atom. The molecule has 1 aliphatic heterocycles. The van der Waals surface area contributed by atoms with Gasteiger partial charge in [-0.1, -0.05) is 52.0 Å². The van der Waals surface area contributed by atoms with E-state index in [-0.39, 0.29) is 1.43 Å². The van der Waals surface area contributed by atoms with Gasteiger partial charge in [-0.2, -0.15) is 0 Å². The molecule has 2 rings (SSSR count). The molecule has 0 radical (unpaired) electrons. The molecule has 21 heavy (non-hydrogen) atoms. The Bertz CT molecular complexity index is 370. The molecule has 1 saturated heterocycles. The van der Waals surface area contributed by atoms with E-state index in [1.165, 1.54) is 43.9 Å². The van der Waals surface area contributed by atoms with Crippen LogP contribution >= 0.6 is 0 Å². The Balaban J connectivity index is 0.00000141. The maximum atomic E-state index is 5.62. The number of piperazine rings is 1. The fraction of sp³-hybridized carbons (Fsp3) is 0.667. The summed E-state index contributed by atoms with van der Waals surface area (Å²) in [5.41, 5.74) is 8.23. The molecule has 0 atom stereocenters. The summed E-state index contributed by atoms with van der Waals surface area (Å²) in [6, 6.07) is 8.71. The predicted molar refractivity (Wildman–Crippen MR) is 94.4 cm³/mol. The highest BCUT2D eigenvalue weighted by Crippen LogP contribution is 2.11. The van der Waals surface area contributed by atoms with Gasteiger partial charge in [0.2, 0.25) is 0 Å². The third-order valence-electron chi connectivity index (χ3n) is 3.75. The SMILES string of the molecule is CC.CC(C)CN1CCN(Cc2ccc(CN)cc2)CC1.[HH]. The lowest BCUT2D eigenvalue weighted by Gasteiger charge is -2.35. The molecule has 0 unspecified atom stereocenters. The van der Waals surface area contributed by atoms with E-state index in [4.69, 9.17) is 5.73 Å². The normalized spacial score (nSPS) is 16.7. The molecule has 3 heteroatoms. The van der Waals surface area contributed by atoms with Gasteiger partial charge in [0.05, 0.1) is 0 Å². The highest BCUT2D eigenvalue weighted by Gasteiger charge is 2.17. The molecule has 0 spiro atoms. The topological polar surface area (TPSA) is 32.5 Å². The number of nitrogens with zero attached hydrogens (tertiary/aromatic N) is 2. The van der Waals surface area contributed by atoms with Crippen molar-refractivity contribution in [3.05, 3.63) is 35.4 Å². The minimum atomic E-state index is 0. The quantitative estimate of drug-likeness (QED) is 0.905. The fourth-order valence-electron chi connectivity index (χ4n) is 2.69. The van der Waals surface area contributed by atoms with Crippen LogP contribution in [0, 0.1) is 5.92 Å². The van der Waals surface area contributed by atoms with E-state index in [1.807, 2.05) is 13.8 Å². The van der Waals surface area contributed by atoms with Gasteiger partial charge in [-0.3, -0.25) is 4.90 Å². The van der Waals surface area contributed by atoms with Crippen molar-refractivity contribution >= 4 is 0 Å². The van der Waals surface area contributed by atoms with Gasteiger partial charge in [-0.05, 0) is 17.0 Å². The lowest BCUT2D eigenvalue weighted by atomic mass is 10.1. The van der Waals surface area contributed by atoms with Crippen molar-refractivity contribution in [3.63, 3.8) is 0 Å². The Hall–Kier alpha value is -0.900. The van der Waals surface area contributed by atoms with Gasteiger partial charge in [0.25, 0.3) is 0 Å². The van der Waals surface area contributed by atoms with Gasteiger partial charge >= 0.3 is 0 Å². The van der Waals surface area contributed by atoms with Crippen molar-refractivity contribution < 1.29 is 1.43 Å². The van der Waals surface area contributed by atoms with Gasteiger partial charge in [0.1, 0.15) is 0 Å². The van der Waals surface area contributed by atoms with Gasteiger partial charge in [-0.25, -0.2) is 0 Å². The van der Waals surface area contributed by atoms with Crippen LogP contribution in [0.3, 0.4) is 0 Å². The zero-order valence-corrected chi connectivity index (χ0v) is 14.3. The average Bonchev–Trinajstić information content (AvgIpc) is 2.51. The van der Waals surface area contributed by atoms with Crippen LogP contribution < -0.4 is 5.73 Å². The van der Waals surface area contributed by atoms with Crippen molar-refractivity contribution in [2.75, 3.05) is 32.7 Å². The summed E-state index contributed by atoms with van der Waals surface area (Å²) in [6.07, 6.45) is 0. The maximum Gasteiger partial charge on any atom is 0.0234 e. The smallest absolute Gasteiger partial charge is 0.0234 e. The second-order valence-electron chi connectivity index (χ2n) is 5.99. The minimum absolute atomic E-state index is 0. The molecule has 1 heterocycles. The van der Waals surface area contributed by atoms with E-state index in [0.29, 0.717) is 6.54 Å². The zero-order valence-electron chi connectivity index (χ0n) is 14.3. The molecule has 122 valence electrons. The molecule has 0 bridgehead atoms. The van der Waals surface area contributed by atoms with Crippen LogP contribution in [0.2, 0.25) is 0 Å². The molecule has 0 amide bonds. The first-order chi connectivity index (χ1) is 10.2. The standard InChI is InChI=1S/C16H27N3.C2H6.H2/c1-14(2)12-18-7-9-19(10-8-18)13-16-5-3-15(11-17)4-6-16;1-2;/h3-6,14H,7-13,17H2,1-2H3;1-2H3;1H. The molecule has 1 aromatic carbocycles. The van der Waals surface area contributed by atoms with Crippen molar-refractivity contribution in [1.82, 2.24) is 9.80 Å². The summed E-state index contributed by atoms with van der Waals surface area (Å²) in [7, 11) is 0. The van der Waals surface area contributed by atoms with Crippen LogP contribution in [0.1, 0.15) is 40.2 Å². The number of hydrogen-bond acceptors (Lipinski definition) is 3. The second-order valence-corrected chi connectivity index (χ2v) is 5.99. The van der Waals surface area contributed by atoms with Crippen LogP contribution in [0.25, 0.3) is 0 Å². The van der Waals surface area contributed by atoms with Crippen molar-refractivity contribution in [2.24, 2.45) is 11.7 Å². The summed E-state index contributed by atoms with van der Waals surface area (Å²) < 4.78 is 0. The molecule has 0 aromatic heterocycles. The first kappa shape index (κ1) is 18.1. The van der Waals surface area contributed by atoms with Crippen LogP contribution in [0.15, 0.2) is 24.3 Å². The number of benzene rings is 1. The molecule has 0 aliphatic carbocycles. The summed E-state index contributed by atoms with van der Waals surface area (Å²) >= 11 is 0. The highest BCUT2D eigenvalue weighted by molar-refractivity contribution is 5.22. The van der Waals surface area contributed by atoms with E-state index >= 15 is 0 Å². The lowest BCUT2D eigenvalue weighted by Crippen LogP contribution is -2.46. The van der Waals surface area contributed by atoms with Gasteiger partial charge < -0.3 is 10.6 Å². The first-order valence-corrected chi connectivity index (χ1v) is 8.40. The molecule has 1 aliphatic rings. The Morgan fingerprint density at radius 1 is 0.952 bits per heavy atom. The first-order valence-electron chi connectivity index (χ1n) is 8.40. The van der Waals surface area contributed by atoms with Gasteiger partial charge in [-0.15, -0.1) is 0 Å². The second kappa shape index (κ2) is 9.93. The monoisotopic (exact) mass is 293 g/mol. The lowest BCUT2D eigenvalue weighted by molar-refractivity contribution is 0.117. The minimum Gasteiger partial charge on any atom is -0.326 e. The molecule has 2 N–H and O–H groups in total. The fourth-order valence-corrected chi connectivity index (χ4v) is 2.69.